The SMILES string of the molecule is COc1ccc(-c2noc(CC3CCN(C(=O)C=Cc4ccc(C)cc4)CC3)n2)cc1. The highest BCUT2D eigenvalue weighted by molar-refractivity contribution is 5.91. The van der Waals surface area contributed by atoms with Gasteiger partial charge in [-0.15, -0.1) is 0 Å². The van der Waals surface area contributed by atoms with Crippen LogP contribution in [0, 0.1) is 12.8 Å². The summed E-state index contributed by atoms with van der Waals surface area (Å²) in [5.41, 5.74) is 3.15. The molecular weight excluding hydrogens is 390 g/mol. The van der Waals surface area contributed by atoms with Gasteiger partial charge >= 0.3 is 0 Å². The molecule has 1 saturated heterocycles. The molecule has 6 nitrogen and oxygen atoms in total. The lowest BCUT2D eigenvalue weighted by Gasteiger charge is -2.30. The minimum atomic E-state index is 0.0682. The van der Waals surface area contributed by atoms with Gasteiger partial charge in [0, 0.05) is 31.1 Å². The van der Waals surface area contributed by atoms with Gasteiger partial charge in [-0.1, -0.05) is 35.0 Å². The van der Waals surface area contributed by atoms with E-state index in [4.69, 9.17) is 9.26 Å². The number of piperidine rings is 1. The Morgan fingerprint density at radius 1 is 1.13 bits per heavy atom. The van der Waals surface area contributed by atoms with Crippen LogP contribution in [-0.4, -0.2) is 41.1 Å². The molecule has 1 aliphatic rings. The van der Waals surface area contributed by atoms with Gasteiger partial charge in [0.25, 0.3) is 0 Å². The van der Waals surface area contributed by atoms with Crippen molar-refractivity contribution < 1.29 is 14.1 Å². The van der Waals surface area contributed by atoms with E-state index in [1.165, 1.54) is 5.56 Å². The van der Waals surface area contributed by atoms with Crippen molar-refractivity contribution in [3.8, 4) is 17.1 Å². The van der Waals surface area contributed by atoms with Crippen molar-refractivity contribution in [2.45, 2.75) is 26.2 Å². The number of carbonyl (C=O) groups is 1. The van der Waals surface area contributed by atoms with Gasteiger partial charge in [-0.3, -0.25) is 4.79 Å². The van der Waals surface area contributed by atoms with E-state index in [0.29, 0.717) is 17.6 Å². The van der Waals surface area contributed by atoms with E-state index in [1.807, 2.05) is 59.5 Å². The molecule has 31 heavy (non-hydrogen) atoms. The molecule has 0 N–H and O–H groups in total. The molecule has 1 fully saturated rings. The number of likely N-dealkylation sites (tertiary alicyclic amines) is 1. The van der Waals surface area contributed by atoms with Crippen LogP contribution in [0.5, 0.6) is 5.75 Å². The number of nitrogens with zero attached hydrogens (tertiary/aromatic N) is 3. The van der Waals surface area contributed by atoms with Gasteiger partial charge < -0.3 is 14.2 Å². The minimum Gasteiger partial charge on any atom is -0.497 e. The molecule has 0 bridgehead atoms. The van der Waals surface area contributed by atoms with Crippen molar-refractivity contribution in [2.24, 2.45) is 5.92 Å². The first-order chi connectivity index (χ1) is 15.1. The minimum absolute atomic E-state index is 0.0682. The van der Waals surface area contributed by atoms with Gasteiger partial charge in [-0.05, 0) is 61.6 Å². The summed E-state index contributed by atoms with van der Waals surface area (Å²) in [6.07, 6.45) is 6.16. The van der Waals surface area contributed by atoms with Crippen molar-refractivity contribution in [3.05, 3.63) is 71.6 Å². The standard InChI is InChI=1S/C25H27N3O3/c1-18-3-5-19(6-4-18)7-12-24(29)28-15-13-20(14-16-28)17-23-26-25(27-31-23)21-8-10-22(30-2)11-9-21/h3-12,20H,13-17H2,1-2H3. The lowest BCUT2D eigenvalue weighted by molar-refractivity contribution is -0.127. The molecule has 0 radical (unpaired) electrons. The van der Waals surface area contributed by atoms with Crippen molar-refractivity contribution >= 4 is 12.0 Å². The van der Waals surface area contributed by atoms with E-state index >= 15 is 0 Å². The molecule has 0 spiro atoms. The second-order valence-corrected chi connectivity index (χ2v) is 7.96. The lowest BCUT2D eigenvalue weighted by Crippen LogP contribution is -2.38. The molecule has 0 unspecified atom stereocenters. The fraction of sp³-hybridized carbons (Fsp3) is 0.320. The molecule has 4 rings (SSSR count). The predicted octanol–water partition coefficient (Wildman–Crippen LogP) is 4.55. The zero-order valence-corrected chi connectivity index (χ0v) is 18.0. The first-order valence-electron chi connectivity index (χ1n) is 10.6. The number of carbonyl (C=O) groups excluding carboxylic acids is 1. The average molecular weight is 418 g/mol. The van der Waals surface area contributed by atoms with E-state index in [9.17, 15) is 4.79 Å². The highest BCUT2D eigenvalue weighted by Gasteiger charge is 2.23. The van der Waals surface area contributed by atoms with Gasteiger partial charge in [0.2, 0.25) is 17.6 Å². The zero-order valence-electron chi connectivity index (χ0n) is 18.0. The molecule has 3 aromatic rings. The van der Waals surface area contributed by atoms with Crippen LogP contribution >= 0.6 is 0 Å². The van der Waals surface area contributed by atoms with Crippen LogP contribution < -0.4 is 4.74 Å². The smallest absolute Gasteiger partial charge is 0.246 e. The molecule has 1 amide bonds. The second kappa shape index (κ2) is 9.60. The molecule has 1 aliphatic heterocycles. The van der Waals surface area contributed by atoms with Crippen LogP contribution in [0.2, 0.25) is 0 Å². The Bertz CT molecular complexity index is 1030. The summed E-state index contributed by atoms with van der Waals surface area (Å²) in [5.74, 6) is 2.54. The summed E-state index contributed by atoms with van der Waals surface area (Å²) < 4.78 is 10.6. The molecule has 160 valence electrons. The summed E-state index contributed by atoms with van der Waals surface area (Å²) in [5, 5.41) is 4.11. The fourth-order valence-corrected chi connectivity index (χ4v) is 3.75. The summed E-state index contributed by atoms with van der Waals surface area (Å²) in [4.78, 5) is 19.0. The van der Waals surface area contributed by atoms with Crippen LogP contribution in [0.4, 0.5) is 0 Å². The maximum absolute atomic E-state index is 12.5. The summed E-state index contributed by atoms with van der Waals surface area (Å²) in [6.45, 7) is 3.55. The summed E-state index contributed by atoms with van der Waals surface area (Å²) in [7, 11) is 1.64. The highest BCUT2D eigenvalue weighted by Crippen LogP contribution is 2.24. The predicted molar refractivity (Wildman–Crippen MR) is 120 cm³/mol. The van der Waals surface area contributed by atoms with E-state index in [2.05, 4.69) is 17.1 Å². The second-order valence-electron chi connectivity index (χ2n) is 7.96. The Labute approximate surface area is 182 Å². The van der Waals surface area contributed by atoms with Crippen molar-refractivity contribution in [1.29, 1.82) is 0 Å². The normalized spacial score (nSPS) is 14.8. The molecule has 0 aliphatic carbocycles. The lowest BCUT2D eigenvalue weighted by atomic mass is 9.93. The Morgan fingerprint density at radius 2 is 1.84 bits per heavy atom. The first-order valence-corrected chi connectivity index (χ1v) is 10.6. The Balaban J connectivity index is 1.27. The first kappa shape index (κ1) is 20.8. The Morgan fingerprint density at radius 3 is 2.52 bits per heavy atom. The van der Waals surface area contributed by atoms with Crippen LogP contribution in [0.1, 0.15) is 29.9 Å². The Kier molecular flexibility index (Phi) is 6.46. The third-order valence-corrected chi connectivity index (χ3v) is 5.70. The average Bonchev–Trinajstić information content (AvgIpc) is 3.27. The van der Waals surface area contributed by atoms with Crippen LogP contribution in [0.25, 0.3) is 17.5 Å². The van der Waals surface area contributed by atoms with Crippen molar-refractivity contribution in [3.63, 3.8) is 0 Å². The fourth-order valence-electron chi connectivity index (χ4n) is 3.75. The number of methoxy groups -OCH3 is 1. The number of rotatable bonds is 6. The molecule has 0 saturated carbocycles. The number of benzene rings is 2. The quantitative estimate of drug-likeness (QED) is 0.551. The maximum Gasteiger partial charge on any atom is 0.246 e. The topological polar surface area (TPSA) is 68.5 Å². The van der Waals surface area contributed by atoms with Gasteiger partial charge in [-0.2, -0.15) is 4.98 Å². The van der Waals surface area contributed by atoms with Gasteiger partial charge in [0.1, 0.15) is 5.75 Å². The molecule has 2 aromatic carbocycles. The number of amides is 1. The maximum atomic E-state index is 12.5. The number of aromatic nitrogens is 2. The summed E-state index contributed by atoms with van der Waals surface area (Å²) in [6, 6.07) is 15.7. The van der Waals surface area contributed by atoms with Crippen molar-refractivity contribution in [2.75, 3.05) is 20.2 Å². The third kappa shape index (κ3) is 5.40. The van der Waals surface area contributed by atoms with E-state index < -0.39 is 0 Å². The zero-order chi connectivity index (χ0) is 21.6. The van der Waals surface area contributed by atoms with E-state index in [1.54, 1.807) is 13.2 Å². The van der Waals surface area contributed by atoms with Crippen molar-refractivity contribution in [1.82, 2.24) is 15.0 Å². The van der Waals surface area contributed by atoms with Gasteiger partial charge in [0.15, 0.2) is 0 Å². The number of ether oxygens (including phenoxy) is 1. The number of hydrogen-bond donors (Lipinski definition) is 0. The largest absolute Gasteiger partial charge is 0.497 e. The highest BCUT2D eigenvalue weighted by atomic mass is 16.5. The number of hydrogen-bond acceptors (Lipinski definition) is 5. The number of aryl methyl sites for hydroxylation is 1. The summed E-state index contributed by atoms with van der Waals surface area (Å²) >= 11 is 0. The van der Waals surface area contributed by atoms with Crippen LogP contribution in [0.15, 0.2) is 59.1 Å². The molecule has 1 aromatic heterocycles. The van der Waals surface area contributed by atoms with E-state index in [-0.39, 0.29) is 5.91 Å². The molecular formula is C25H27N3O3. The van der Waals surface area contributed by atoms with E-state index in [0.717, 1.165) is 49.2 Å². The van der Waals surface area contributed by atoms with Crippen LogP contribution in [-0.2, 0) is 11.2 Å². The van der Waals surface area contributed by atoms with Gasteiger partial charge in [0.05, 0.1) is 7.11 Å². The van der Waals surface area contributed by atoms with Gasteiger partial charge in [-0.25, -0.2) is 0 Å². The van der Waals surface area contributed by atoms with Crippen LogP contribution in [0.3, 0.4) is 0 Å². The monoisotopic (exact) mass is 417 g/mol. The Hall–Kier alpha value is -3.41. The third-order valence-electron chi connectivity index (χ3n) is 5.70. The molecule has 6 heteroatoms. The molecule has 2 heterocycles. The molecule has 0 atom stereocenters.